The lowest BCUT2D eigenvalue weighted by Crippen LogP contribution is -2.19. The maximum Gasteiger partial charge on any atom is 0.306 e. The normalized spacial score (nSPS) is 21.1. The Morgan fingerprint density at radius 2 is 2.29 bits per heavy atom. The molecule has 1 aromatic carbocycles. The molecule has 3 heteroatoms. The third kappa shape index (κ3) is 1.35. The number of benzene rings is 1. The third-order valence-electron chi connectivity index (χ3n) is 2.73. The van der Waals surface area contributed by atoms with Crippen molar-refractivity contribution in [2.24, 2.45) is 5.92 Å². The molecule has 0 saturated carbocycles. The number of para-hydroxylation sites is 1. The van der Waals surface area contributed by atoms with Crippen molar-refractivity contribution in [2.45, 2.75) is 12.8 Å². The summed E-state index contributed by atoms with van der Waals surface area (Å²) < 4.78 is 5.42. The monoisotopic (exact) mass is 192 g/mol. The number of hydrogen-bond acceptors (Lipinski definition) is 2. The summed E-state index contributed by atoms with van der Waals surface area (Å²) in [5.74, 6) is -0.344. The highest BCUT2D eigenvalue weighted by atomic mass is 16.5. The number of hydrogen-bond donors (Lipinski definition) is 1. The van der Waals surface area contributed by atoms with Crippen LogP contribution in [0.4, 0.5) is 0 Å². The molecule has 1 heterocycles. The Morgan fingerprint density at radius 3 is 3.00 bits per heavy atom. The number of ether oxygens (including phenoxy) is 1. The second-order valence-corrected chi connectivity index (χ2v) is 3.58. The second-order valence-electron chi connectivity index (χ2n) is 3.58. The molecule has 1 aliphatic heterocycles. The summed E-state index contributed by atoms with van der Waals surface area (Å²) in [5, 5.41) is 8.91. The maximum absolute atomic E-state index is 10.8. The van der Waals surface area contributed by atoms with Crippen LogP contribution >= 0.6 is 0 Å². The van der Waals surface area contributed by atoms with Gasteiger partial charge < -0.3 is 9.84 Å². The van der Waals surface area contributed by atoms with E-state index in [1.165, 1.54) is 0 Å². The van der Waals surface area contributed by atoms with Gasteiger partial charge >= 0.3 is 5.97 Å². The molecular weight excluding hydrogens is 180 g/mol. The molecule has 0 fully saturated rings. The largest absolute Gasteiger partial charge is 0.493 e. The van der Waals surface area contributed by atoms with Crippen LogP contribution < -0.4 is 4.74 Å². The number of carboxylic acids is 1. The zero-order chi connectivity index (χ0) is 10.1. The molecule has 0 amide bonds. The van der Waals surface area contributed by atoms with Gasteiger partial charge in [0.15, 0.2) is 0 Å². The lowest BCUT2D eigenvalue weighted by molar-refractivity contribution is -0.142. The second kappa shape index (κ2) is 3.33. The Hall–Kier alpha value is -1.51. The molecule has 1 aromatic rings. The molecule has 2 rings (SSSR count). The van der Waals surface area contributed by atoms with E-state index in [-0.39, 0.29) is 5.92 Å². The number of aliphatic carboxylic acids is 1. The SMILES string of the molecule is CC(C(=O)O)[C@@H]1COc2ccccc21. The van der Waals surface area contributed by atoms with E-state index in [0.717, 1.165) is 11.3 Å². The van der Waals surface area contributed by atoms with Crippen LogP contribution in [-0.2, 0) is 4.79 Å². The number of carboxylic acid groups (broad SMARTS) is 1. The molecule has 0 radical (unpaired) electrons. The van der Waals surface area contributed by atoms with Crippen LogP contribution in [0.25, 0.3) is 0 Å². The molecular formula is C11H12O3. The van der Waals surface area contributed by atoms with E-state index >= 15 is 0 Å². The third-order valence-corrected chi connectivity index (χ3v) is 2.73. The van der Waals surface area contributed by atoms with E-state index in [2.05, 4.69) is 0 Å². The highest BCUT2D eigenvalue weighted by Gasteiger charge is 2.32. The fourth-order valence-corrected chi connectivity index (χ4v) is 1.77. The summed E-state index contributed by atoms with van der Waals surface area (Å²) in [5.41, 5.74) is 1.02. The molecule has 0 aliphatic carbocycles. The molecule has 0 spiro atoms. The molecule has 0 aromatic heterocycles. The van der Waals surface area contributed by atoms with Crippen LogP contribution in [-0.4, -0.2) is 17.7 Å². The highest BCUT2D eigenvalue weighted by Crippen LogP contribution is 2.37. The molecule has 0 saturated heterocycles. The van der Waals surface area contributed by atoms with E-state index in [1.807, 2.05) is 24.3 Å². The predicted molar refractivity (Wildman–Crippen MR) is 51.5 cm³/mol. The minimum Gasteiger partial charge on any atom is -0.493 e. The Morgan fingerprint density at radius 1 is 1.57 bits per heavy atom. The van der Waals surface area contributed by atoms with Crippen LogP contribution in [0, 0.1) is 5.92 Å². The summed E-state index contributed by atoms with van der Waals surface area (Å²) in [4.78, 5) is 10.8. The Balaban J connectivity index is 2.30. The fourth-order valence-electron chi connectivity index (χ4n) is 1.77. The van der Waals surface area contributed by atoms with E-state index < -0.39 is 11.9 Å². The topological polar surface area (TPSA) is 46.5 Å². The van der Waals surface area contributed by atoms with Gasteiger partial charge in [0, 0.05) is 11.5 Å². The van der Waals surface area contributed by atoms with Crippen molar-refractivity contribution < 1.29 is 14.6 Å². The van der Waals surface area contributed by atoms with Crippen molar-refractivity contribution in [3.05, 3.63) is 29.8 Å². The molecule has 3 nitrogen and oxygen atoms in total. The first-order valence-corrected chi connectivity index (χ1v) is 4.64. The van der Waals surface area contributed by atoms with Crippen LogP contribution in [0.3, 0.4) is 0 Å². The van der Waals surface area contributed by atoms with Crippen LogP contribution in [0.5, 0.6) is 5.75 Å². The smallest absolute Gasteiger partial charge is 0.306 e. The van der Waals surface area contributed by atoms with Gasteiger partial charge in [-0.25, -0.2) is 0 Å². The summed E-state index contributed by atoms with van der Waals surface area (Å²) in [7, 11) is 0. The van der Waals surface area contributed by atoms with E-state index in [4.69, 9.17) is 9.84 Å². The number of carbonyl (C=O) groups is 1. The zero-order valence-electron chi connectivity index (χ0n) is 7.93. The standard InChI is InChI=1S/C11H12O3/c1-7(11(12)13)9-6-14-10-5-3-2-4-8(9)10/h2-5,7,9H,6H2,1H3,(H,12,13)/t7?,9-/m0/s1. The fraction of sp³-hybridized carbons (Fsp3) is 0.364. The van der Waals surface area contributed by atoms with Gasteiger partial charge in [0.2, 0.25) is 0 Å². The Labute approximate surface area is 82.3 Å². The molecule has 14 heavy (non-hydrogen) atoms. The average Bonchev–Trinajstić information content (AvgIpc) is 2.60. The number of fused-ring (bicyclic) bond motifs is 1. The van der Waals surface area contributed by atoms with Crippen molar-refractivity contribution in [1.82, 2.24) is 0 Å². The molecule has 0 bridgehead atoms. The van der Waals surface area contributed by atoms with Gasteiger partial charge in [-0.2, -0.15) is 0 Å². The van der Waals surface area contributed by atoms with Gasteiger partial charge in [0.25, 0.3) is 0 Å². The van der Waals surface area contributed by atoms with Gasteiger partial charge in [-0.15, -0.1) is 0 Å². The first-order chi connectivity index (χ1) is 6.70. The van der Waals surface area contributed by atoms with Gasteiger partial charge in [-0.3, -0.25) is 4.79 Å². The highest BCUT2D eigenvalue weighted by molar-refractivity contribution is 5.71. The Kier molecular flexibility index (Phi) is 2.15. The van der Waals surface area contributed by atoms with E-state index in [9.17, 15) is 4.79 Å². The molecule has 1 N–H and O–H groups in total. The number of rotatable bonds is 2. The summed E-state index contributed by atoms with van der Waals surface area (Å²) in [6, 6.07) is 7.62. The van der Waals surface area contributed by atoms with Crippen LogP contribution in [0.15, 0.2) is 24.3 Å². The van der Waals surface area contributed by atoms with Gasteiger partial charge in [0.1, 0.15) is 5.75 Å². The Bertz CT molecular complexity index is 359. The first kappa shape index (κ1) is 9.06. The quantitative estimate of drug-likeness (QED) is 0.778. The molecule has 1 aliphatic rings. The van der Waals surface area contributed by atoms with Crippen molar-refractivity contribution in [3.63, 3.8) is 0 Å². The van der Waals surface area contributed by atoms with Crippen LogP contribution in [0.2, 0.25) is 0 Å². The minimum atomic E-state index is -0.768. The maximum atomic E-state index is 10.8. The summed E-state index contributed by atoms with van der Waals surface area (Å²) in [6.45, 7) is 2.20. The molecule has 1 unspecified atom stereocenters. The first-order valence-electron chi connectivity index (χ1n) is 4.64. The minimum absolute atomic E-state index is 0.0105. The van der Waals surface area contributed by atoms with Gasteiger partial charge in [0.05, 0.1) is 12.5 Å². The van der Waals surface area contributed by atoms with Gasteiger partial charge in [-0.1, -0.05) is 25.1 Å². The predicted octanol–water partition coefficient (Wildman–Crippen LogP) is 1.88. The van der Waals surface area contributed by atoms with Crippen molar-refractivity contribution in [2.75, 3.05) is 6.61 Å². The van der Waals surface area contributed by atoms with Crippen molar-refractivity contribution in [3.8, 4) is 5.75 Å². The summed E-state index contributed by atoms with van der Waals surface area (Å²) in [6.07, 6.45) is 0. The average molecular weight is 192 g/mol. The lowest BCUT2D eigenvalue weighted by atomic mass is 9.89. The molecule has 74 valence electrons. The van der Waals surface area contributed by atoms with Gasteiger partial charge in [-0.05, 0) is 6.07 Å². The lowest BCUT2D eigenvalue weighted by Gasteiger charge is -2.12. The van der Waals surface area contributed by atoms with Crippen molar-refractivity contribution in [1.29, 1.82) is 0 Å². The van der Waals surface area contributed by atoms with E-state index in [0.29, 0.717) is 6.61 Å². The summed E-state index contributed by atoms with van der Waals surface area (Å²) >= 11 is 0. The van der Waals surface area contributed by atoms with Crippen molar-refractivity contribution >= 4 is 5.97 Å². The zero-order valence-corrected chi connectivity index (χ0v) is 7.93. The van der Waals surface area contributed by atoms with Crippen LogP contribution in [0.1, 0.15) is 18.4 Å². The van der Waals surface area contributed by atoms with E-state index in [1.54, 1.807) is 6.92 Å². The molecule has 2 atom stereocenters.